The number of carbonyl (C=O) groups excluding carboxylic acids is 2. The zero-order valence-electron chi connectivity index (χ0n) is 13.1. The maximum absolute atomic E-state index is 12.0. The van der Waals surface area contributed by atoms with Gasteiger partial charge in [-0.25, -0.2) is 4.79 Å². The molecule has 0 atom stereocenters. The van der Waals surface area contributed by atoms with E-state index in [0.29, 0.717) is 25.5 Å². The maximum Gasteiger partial charge on any atom is 0.407 e. The standard InChI is InChI=1S/C17H25NO3/c1-13(2)12-21-17(20)18-10-5-4-9-16(19)15-8-6-7-14(3)11-15/h6-8,11,13H,4-5,9-10,12H2,1-3H3,(H,18,20). The molecule has 0 saturated carbocycles. The molecule has 0 spiro atoms. The molecule has 1 rings (SSSR count). The molecule has 0 unspecified atom stereocenters. The molecule has 4 heteroatoms. The number of aryl methyl sites for hydroxylation is 1. The van der Waals surface area contributed by atoms with E-state index in [9.17, 15) is 9.59 Å². The van der Waals surface area contributed by atoms with Gasteiger partial charge in [-0.2, -0.15) is 0 Å². The molecule has 1 aromatic rings. The number of unbranched alkanes of at least 4 members (excludes halogenated alkanes) is 1. The van der Waals surface area contributed by atoms with E-state index in [0.717, 1.165) is 24.0 Å². The van der Waals surface area contributed by atoms with Crippen molar-refractivity contribution in [2.75, 3.05) is 13.2 Å². The Kier molecular flexibility index (Phi) is 7.51. The van der Waals surface area contributed by atoms with Gasteiger partial charge in [0.15, 0.2) is 5.78 Å². The molecule has 0 saturated heterocycles. The lowest BCUT2D eigenvalue weighted by Crippen LogP contribution is -2.26. The number of hydrogen-bond donors (Lipinski definition) is 1. The average molecular weight is 291 g/mol. The number of Topliss-reactive ketones (excluding diaryl/α,β-unsaturated/α-hetero) is 1. The molecule has 1 amide bonds. The second-order valence-electron chi connectivity index (χ2n) is 5.67. The van der Waals surface area contributed by atoms with Crippen LogP contribution in [0.3, 0.4) is 0 Å². The summed E-state index contributed by atoms with van der Waals surface area (Å²) in [6.07, 6.45) is 1.66. The molecule has 21 heavy (non-hydrogen) atoms. The van der Waals surface area contributed by atoms with Gasteiger partial charge in [-0.15, -0.1) is 0 Å². The van der Waals surface area contributed by atoms with E-state index in [1.165, 1.54) is 0 Å². The first-order valence-corrected chi connectivity index (χ1v) is 7.49. The van der Waals surface area contributed by atoms with Gasteiger partial charge in [0.2, 0.25) is 0 Å². The number of hydrogen-bond acceptors (Lipinski definition) is 3. The lowest BCUT2D eigenvalue weighted by atomic mass is 10.0. The van der Waals surface area contributed by atoms with E-state index in [2.05, 4.69) is 5.32 Å². The first-order valence-electron chi connectivity index (χ1n) is 7.49. The molecule has 4 nitrogen and oxygen atoms in total. The number of carbonyl (C=O) groups is 2. The largest absolute Gasteiger partial charge is 0.449 e. The van der Waals surface area contributed by atoms with Crippen LogP contribution in [-0.2, 0) is 4.74 Å². The second-order valence-corrected chi connectivity index (χ2v) is 5.67. The minimum absolute atomic E-state index is 0.154. The summed E-state index contributed by atoms with van der Waals surface area (Å²) in [5, 5.41) is 2.69. The molecule has 1 N–H and O–H groups in total. The minimum atomic E-state index is -0.381. The molecule has 0 aliphatic rings. The van der Waals surface area contributed by atoms with Crippen molar-refractivity contribution in [3.8, 4) is 0 Å². The third-order valence-corrected chi connectivity index (χ3v) is 2.99. The number of ketones is 1. The zero-order valence-corrected chi connectivity index (χ0v) is 13.1. The van der Waals surface area contributed by atoms with Gasteiger partial charge < -0.3 is 10.1 Å². The highest BCUT2D eigenvalue weighted by Gasteiger charge is 2.06. The van der Waals surface area contributed by atoms with E-state index in [1.807, 2.05) is 45.0 Å². The highest BCUT2D eigenvalue weighted by Crippen LogP contribution is 2.09. The summed E-state index contributed by atoms with van der Waals surface area (Å²) in [4.78, 5) is 23.3. The summed E-state index contributed by atoms with van der Waals surface area (Å²) >= 11 is 0. The molecule has 0 heterocycles. The van der Waals surface area contributed by atoms with E-state index < -0.39 is 0 Å². The van der Waals surface area contributed by atoms with Gasteiger partial charge in [0.1, 0.15) is 0 Å². The summed E-state index contributed by atoms with van der Waals surface area (Å²) < 4.78 is 5.00. The monoisotopic (exact) mass is 291 g/mol. The number of amides is 1. The van der Waals surface area contributed by atoms with Crippen LogP contribution in [0.15, 0.2) is 24.3 Å². The third-order valence-electron chi connectivity index (χ3n) is 2.99. The Morgan fingerprint density at radius 2 is 2.00 bits per heavy atom. The average Bonchev–Trinajstić information content (AvgIpc) is 2.44. The fraction of sp³-hybridized carbons (Fsp3) is 0.529. The zero-order chi connectivity index (χ0) is 15.7. The Morgan fingerprint density at radius 1 is 1.24 bits per heavy atom. The SMILES string of the molecule is Cc1cccc(C(=O)CCCCNC(=O)OCC(C)C)c1. The molecule has 0 aromatic heterocycles. The summed E-state index contributed by atoms with van der Waals surface area (Å²) in [7, 11) is 0. The summed E-state index contributed by atoms with van der Waals surface area (Å²) in [5.41, 5.74) is 1.86. The van der Waals surface area contributed by atoms with Crippen molar-refractivity contribution in [1.82, 2.24) is 5.32 Å². The Hall–Kier alpha value is -1.84. The fourth-order valence-electron chi connectivity index (χ4n) is 1.86. The van der Waals surface area contributed by atoms with Crippen LogP contribution in [0.2, 0.25) is 0 Å². The quantitative estimate of drug-likeness (QED) is 0.586. The van der Waals surface area contributed by atoms with Gasteiger partial charge in [0, 0.05) is 18.5 Å². The van der Waals surface area contributed by atoms with Gasteiger partial charge in [-0.3, -0.25) is 4.79 Å². The number of benzene rings is 1. The summed E-state index contributed by atoms with van der Waals surface area (Å²) in [6.45, 7) is 6.92. The van der Waals surface area contributed by atoms with Crippen molar-refractivity contribution < 1.29 is 14.3 Å². The van der Waals surface area contributed by atoms with Crippen LogP contribution in [0.4, 0.5) is 4.79 Å². The predicted octanol–water partition coefficient (Wildman–Crippen LogP) is 3.73. The highest BCUT2D eigenvalue weighted by atomic mass is 16.5. The lowest BCUT2D eigenvalue weighted by Gasteiger charge is -2.08. The molecule has 0 fully saturated rings. The topological polar surface area (TPSA) is 55.4 Å². The van der Waals surface area contributed by atoms with Crippen molar-refractivity contribution >= 4 is 11.9 Å². The third kappa shape index (κ3) is 7.49. The van der Waals surface area contributed by atoms with Gasteiger partial charge in [0.25, 0.3) is 0 Å². The van der Waals surface area contributed by atoms with Gasteiger partial charge in [-0.05, 0) is 31.7 Å². The number of ether oxygens (including phenoxy) is 1. The van der Waals surface area contributed by atoms with Gasteiger partial charge in [-0.1, -0.05) is 37.6 Å². The van der Waals surface area contributed by atoms with Crippen LogP contribution in [0.1, 0.15) is 49.0 Å². The Bertz CT molecular complexity index is 469. The predicted molar refractivity (Wildman–Crippen MR) is 83.5 cm³/mol. The van der Waals surface area contributed by atoms with E-state index in [-0.39, 0.29) is 11.9 Å². The number of alkyl carbamates (subject to hydrolysis) is 1. The maximum atomic E-state index is 12.0. The van der Waals surface area contributed by atoms with Crippen molar-refractivity contribution in [2.24, 2.45) is 5.92 Å². The van der Waals surface area contributed by atoms with Crippen LogP contribution < -0.4 is 5.32 Å². The van der Waals surface area contributed by atoms with Crippen LogP contribution in [0.25, 0.3) is 0 Å². The number of rotatable bonds is 8. The minimum Gasteiger partial charge on any atom is -0.449 e. The molecular formula is C17H25NO3. The fourth-order valence-corrected chi connectivity index (χ4v) is 1.86. The van der Waals surface area contributed by atoms with Crippen LogP contribution in [0, 0.1) is 12.8 Å². The van der Waals surface area contributed by atoms with Crippen molar-refractivity contribution in [3.05, 3.63) is 35.4 Å². The molecule has 0 bridgehead atoms. The first-order chi connectivity index (χ1) is 9.99. The number of nitrogens with one attached hydrogen (secondary N) is 1. The first kappa shape index (κ1) is 17.2. The molecule has 0 aliphatic heterocycles. The lowest BCUT2D eigenvalue weighted by molar-refractivity contribution is 0.0979. The van der Waals surface area contributed by atoms with Gasteiger partial charge in [0.05, 0.1) is 6.61 Å². The molecule has 0 radical (unpaired) electrons. The summed E-state index contributed by atoms with van der Waals surface area (Å²) in [6, 6.07) is 7.62. The molecule has 0 aliphatic carbocycles. The Balaban J connectivity index is 2.14. The van der Waals surface area contributed by atoms with E-state index in [4.69, 9.17) is 4.74 Å². The molecule has 116 valence electrons. The van der Waals surface area contributed by atoms with Crippen LogP contribution in [0.5, 0.6) is 0 Å². The van der Waals surface area contributed by atoms with Crippen molar-refractivity contribution in [2.45, 2.75) is 40.0 Å². The molecule has 1 aromatic carbocycles. The normalized spacial score (nSPS) is 10.5. The van der Waals surface area contributed by atoms with Crippen molar-refractivity contribution in [3.63, 3.8) is 0 Å². The molecular weight excluding hydrogens is 266 g/mol. The Morgan fingerprint density at radius 3 is 2.67 bits per heavy atom. The van der Waals surface area contributed by atoms with E-state index >= 15 is 0 Å². The highest BCUT2D eigenvalue weighted by molar-refractivity contribution is 5.96. The summed E-state index contributed by atoms with van der Waals surface area (Å²) in [5.74, 6) is 0.490. The second kappa shape index (κ2) is 9.16. The van der Waals surface area contributed by atoms with Crippen molar-refractivity contribution in [1.29, 1.82) is 0 Å². The Labute approximate surface area is 126 Å². The van der Waals surface area contributed by atoms with E-state index in [1.54, 1.807) is 0 Å². The van der Waals surface area contributed by atoms with Gasteiger partial charge >= 0.3 is 6.09 Å². The smallest absolute Gasteiger partial charge is 0.407 e. The van der Waals surface area contributed by atoms with Crippen LogP contribution >= 0.6 is 0 Å². The van der Waals surface area contributed by atoms with Crippen LogP contribution in [-0.4, -0.2) is 25.0 Å².